The normalized spacial score (nSPS) is 19.6. The molecule has 1 saturated carbocycles. The molecule has 4 heteroatoms. The summed E-state index contributed by atoms with van der Waals surface area (Å²) in [6.07, 6.45) is 6.74. The molecular weight excluding hydrogens is 208 g/mol. The average molecular weight is 230 g/mol. The number of nitrogens with one attached hydrogen (secondary N) is 2. The van der Waals surface area contributed by atoms with Crippen LogP contribution in [0.5, 0.6) is 0 Å². The lowest BCUT2D eigenvalue weighted by atomic mass is 9.96. The van der Waals surface area contributed by atoms with Crippen LogP contribution in [0.1, 0.15) is 39.0 Å². The van der Waals surface area contributed by atoms with Crippen LogP contribution < -0.4 is 10.6 Å². The fraction of sp³-hybridized carbons (Fsp3) is 0.909. The van der Waals surface area contributed by atoms with E-state index in [1.54, 1.807) is 7.11 Å². The first kappa shape index (κ1) is 12.7. The molecule has 0 aliphatic heterocycles. The van der Waals surface area contributed by atoms with E-state index in [1.807, 2.05) is 6.92 Å². The van der Waals surface area contributed by atoms with Crippen molar-refractivity contribution >= 4 is 17.3 Å². The molecule has 1 atom stereocenters. The summed E-state index contributed by atoms with van der Waals surface area (Å²) in [5.74, 6) is 0. The Morgan fingerprint density at radius 3 is 2.67 bits per heavy atom. The third kappa shape index (κ3) is 5.33. The molecular formula is C11H22N2OS. The van der Waals surface area contributed by atoms with Crippen molar-refractivity contribution in [3.8, 4) is 0 Å². The molecule has 2 N–H and O–H groups in total. The van der Waals surface area contributed by atoms with Gasteiger partial charge >= 0.3 is 0 Å². The minimum absolute atomic E-state index is 0.205. The van der Waals surface area contributed by atoms with Gasteiger partial charge in [0.25, 0.3) is 0 Å². The molecule has 1 rings (SSSR count). The first-order chi connectivity index (χ1) is 7.22. The zero-order valence-electron chi connectivity index (χ0n) is 9.71. The maximum Gasteiger partial charge on any atom is 0.166 e. The molecule has 1 aliphatic carbocycles. The molecule has 3 nitrogen and oxygen atoms in total. The highest BCUT2D eigenvalue weighted by Crippen LogP contribution is 2.17. The molecule has 0 radical (unpaired) electrons. The van der Waals surface area contributed by atoms with Crippen molar-refractivity contribution in [3.63, 3.8) is 0 Å². The van der Waals surface area contributed by atoms with E-state index in [1.165, 1.54) is 32.1 Å². The van der Waals surface area contributed by atoms with E-state index in [-0.39, 0.29) is 6.10 Å². The smallest absolute Gasteiger partial charge is 0.166 e. The fourth-order valence-corrected chi connectivity index (χ4v) is 2.05. The lowest BCUT2D eigenvalue weighted by Gasteiger charge is -2.24. The Hall–Kier alpha value is -0.350. The SMILES string of the molecule is COC(C)CNC(=S)NC1CCCCC1. The van der Waals surface area contributed by atoms with Gasteiger partial charge in [-0.2, -0.15) is 0 Å². The summed E-state index contributed by atoms with van der Waals surface area (Å²) in [6.45, 7) is 2.80. The molecule has 0 aromatic heterocycles. The summed E-state index contributed by atoms with van der Waals surface area (Å²) in [4.78, 5) is 0. The van der Waals surface area contributed by atoms with Crippen molar-refractivity contribution in [1.29, 1.82) is 0 Å². The third-order valence-corrected chi connectivity index (χ3v) is 3.16. The minimum Gasteiger partial charge on any atom is -0.380 e. The van der Waals surface area contributed by atoms with Crippen molar-refractivity contribution in [3.05, 3.63) is 0 Å². The Kier molecular flexibility index (Phi) is 5.95. The van der Waals surface area contributed by atoms with Gasteiger partial charge in [-0.15, -0.1) is 0 Å². The molecule has 0 amide bonds. The topological polar surface area (TPSA) is 33.3 Å². The Morgan fingerprint density at radius 1 is 1.40 bits per heavy atom. The van der Waals surface area contributed by atoms with Gasteiger partial charge in [0.05, 0.1) is 6.10 Å². The van der Waals surface area contributed by atoms with Crippen molar-refractivity contribution in [2.45, 2.75) is 51.2 Å². The second-order valence-electron chi connectivity index (χ2n) is 4.24. The number of hydrogen-bond acceptors (Lipinski definition) is 2. The van der Waals surface area contributed by atoms with Crippen LogP contribution in [0.3, 0.4) is 0 Å². The van der Waals surface area contributed by atoms with Gasteiger partial charge in [0.1, 0.15) is 0 Å². The Morgan fingerprint density at radius 2 is 2.07 bits per heavy atom. The maximum absolute atomic E-state index is 5.22. The number of hydrogen-bond donors (Lipinski definition) is 2. The number of methoxy groups -OCH3 is 1. The van der Waals surface area contributed by atoms with Crippen LogP contribution in [0.15, 0.2) is 0 Å². The van der Waals surface area contributed by atoms with Crippen LogP contribution in [-0.4, -0.2) is 30.9 Å². The van der Waals surface area contributed by atoms with E-state index in [0.717, 1.165) is 11.7 Å². The van der Waals surface area contributed by atoms with E-state index in [0.29, 0.717) is 6.04 Å². The Labute approximate surface area is 98.0 Å². The van der Waals surface area contributed by atoms with Crippen molar-refractivity contribution in [2.24, 2.45) is 0 Å². The molecule has 0 bridgehead atoms. The quantitative estimate of drug-likeness (QED) is 0.722. The highest BCUT2D eigenvalue weighted by atomic mass is 32.1. The van der Waals surface area contributed by atoms with Crippen molar-refractivity contribution in [1.82, 2.24) is 10.6 Å². The molecule has 1 unspecified atom stereocenters. The van der Waals surface area contributed by atoms with E-state index >= 15 is 0 Å². The van der Waals surface area contributed by atoms with E-state index < -0.39 is 0 Å². The Bertz CT molecular complexity index is 193. The summed E-state index contributed by atoms with van der Waals surface area (Å²) >= 11 is 5.22. The highest BCUT2D eigenvalue weighted by Gasteiger charge is 2.13. The van der Waals surface area contributed by atoms with Crippen LogP contribution in [0.4, 0.5) is 0 Å². The molecule has 0 heterocycles. The molecule has 0 spiro atoms. The standard InChI is InChI=1S/C11H22N2OS/c1-9(14-2)8-12-11(15)13-10-6-4-3-5-7-10/h9-10H,3-8H2,1-2H3,(H2,12,13,15). The lowest BCUT2D eigenvalue weighted by molar-refractivity contribution is 0.121. The molecule has 0 saturated heterocycles. The third-order valence-electron chi connectivity index (χ3n) is 2.89. The van der Waals surface area contributed by atoms with E-state index in [9.17, 15) is 0 Å². The van der Waals surface area contributed by atoms with Crippen LogP contribution in [0, 0.1) is 0 Å². The lowest BCUT2D eigenvalue weighted by Crippen LogP contribution is -2.44. The summed E-state index contributed by atoms with van der Waals surface area (Å²) < 4.78 is 5.14. The number of ether oxygens (including phenoxy) is 1. The van der Waals surface area contributed by atoms with Gasteiger partial charge < -0.3 is 15.4 Å². The molecule has 0 aromatic carbocycles. The predicted octanol–water partition coefficient (Wildman–Crippen LogP) is 1.82. The van der Waals surface area contributed by atoms with Crippen molar-refractivity contribution in [2.75, 3.05) is 13.7 Å². The zero-order chi connectivity index (χ0) is 11.1. The summed E-state index contributed by atoms with van der Waals surface area (Å²) in [6, 6.07) is 0.580. The van der Waals surface area contributed by atoms with Gasteiger partial charge in [0.2, 0.25) is 0 Å². The average Bonchev–Trinajstić information content (AvgIpc) is 2.27. The summed E-state index contributed by atoms with van der Waals surface area (Å²) in [5, 5.41) is 7.31. The fourth-order valence-electron chi connectivity index (χ4n) is 1.80. The second-order valence-corrected chi connectivity index (χ2v) is 4.64. The number of thiocarbonyl (C=S) groups is 1. The highest BCUT2D eigenvalue weighted by molar-refractivity contribution is 7.80. The monoisotopic (exact) mass is 230 g/mol. The van der Waals surface area contributed by atoms with Gasteiger partial charge in [-0.25, -0.2) is 0 Å². The van der Waals surface area contributed by atoms with Gasteiger partial charge in [-0.05, 0) is 32.0 Å². The molecule has 88 valence electrons. The van der Waals surface area contributed by atoms with Crippen LogP contribution in [0.25, 0.3) is 0 Å². The maximum atomic E-state index is 5.22. The first-order valence-corrected chi connectivity index (χ1v) is 6.20. The minimum atomic E-state index is 0.205. The molecule has 1 aliphatic rings. The van der Waals surface area contributed by atoms with Gasteiger partial charge in [-0.1, -0.05) is 19.3 Å². The van der Waals surface area contributed by atoms with Crippen LogP contribution >= 0.6 is 12.2 Å². The second kappa shape index (κ2) is 7.01. The van der Waals surface area contributed by atoms with Crippen LogP contribution in [-0.2, 0) is 4.74 Å². The summed E-state index contributed by atoms with van der Waals surface area (Å²) in [7, 11) is 1.71. The number of rotatable bonds is 4. The largest absolute Gasteiger partial charge is 0.380 e. The molecule has 15 heavy (non-hydrogen) atoms. The van der Waals surface area contributed by atoms with E-state index in [2.05, 4.69) is 10.6 Å². The summed E-state index contributed by atoms with van der Waals surface area (Å²) in [5.41, 5.74) is 0. The molecule has 0 aromatic rings. The van der Waals surface area contributed by atoms with Gasteiger partial charge in [0, 0.05) is 19.7 Å². The van der Waals surface area contributed by atoms with Crippen LogP contribution in [0.2, 0.25) is 0 Å². The zero-order valence-corrected chi connectivity index (χ0v) is 10.5. The Balaban J connectivity index is 2.11. The molecule has 1 fully saturated rings. The van der Waals surface area contributed by atoms with Gasteiger partial charge in [0.15, 0.2) is 5.11 Å². The predicted molar refractivity (Wildman–Crippen MR) is 67.1 cm³/mol. The first-order valence-electron chi connectivity index (χ1n) is 5.79. The van der Waals surface area contributed by atoms with Crippen molar-refractivity contribution < 1.29 is 4.74 Å². The van der Waals surface area contributed by atoms with Gasteiger partial charge in [-0.3, -0.25) is 0 Å². The van der Waals surface area contributed by atoms with E-state index in [4.69, 9.17) is 17.0 Å².